The number of hydrogen-bond donors (Lipinski definition) is 0. The maximum atomic E-state index is 5.62. The third-order valence-corrected chi connectivity index (χ3v) is 7.62. The SMILES string of the molecule is CSC1=C(SC)[C@H](c2ccc3c(c2)OCO3)[C@@H]2C[C@H]1C(C)=C2C. The molecule has 1 aromatic rings. The van der Waals surface area contributed by atoms with E-state index < -0.39 is 0 Å². The summed E-state index contributed by atoms with van der Waals surface area (Å²) in [5, 5.41) is 0. The van der Waals surface area contributed by atoms with Gasteiger partial charge in [-0.1, -0.05) is 17.2 Å². The van der Waals surface area contributed by atoms with Crippen molar-refractivity contribution in [3.8, 4) is 11.5 Å². The molecule has 0 spiro atoms. The summed E-state index contributed by atoms with van der Waals surface area (Å²) in [7, 11) is 0. The highest BCUT2D eigenvalue weighted by molar-refractivity contribution is 8.06. The fraction of sp³-hybridized carbons (Fsp3) is 0.474. The second-order valence-corrected chi connectivity index (χ2v) is 8.18. The molecule has 3 atom stereocenters. The van der Waals surface area contributed by atoms with E-state index in [1.807, 2.05) is 23.5 Å². The van der Waals surface area contributed by atoms with Crippen molar-refractivity contribution >= 4 is 23.5 Å². The van der Waals surface area contributed by atoms with Gasteiger partial charge in [0.05, 0.1) is 0 Å². The molecule has 1 aliphatic heterocycles. The predicted octanol–water partition coefficient (Wildman–Crippen LogP) is 5.42. The highest BCUT2D eigenvalue weighted by atomic mass is 32.2. The maximum absolute atomic E-state index is 5.62. The molecule has 2 nitrogen and oxygen atoms in total. The van der Waals surface area contributed by atoms with Gasteiger partial charge in [-0.2, -0.15) is 0 Å². The molecule has 0 fully saturated rings. The molecule has 0 saturated heterocycles. The third kappa shape index (κ3) is 2.25. The van der Waals surface area contributed by atoms with Crippen molar-refractivity contribution in [2.45, 2.75) is 26.2 Å². The van der Waals surface area contributed by atoms with Gasteiger partial charge in [-0.05, 0) is 56.4 Å². The molecule has 122 valence electrons. The van der Waals surface area contributed by atoms with E-state index >= 15 is 0 Å². The van der Waals surface area contributed by atoms with Crippen LogP contribution in [0.15, 0.2) is 39.2 Å². The molecule has 0 radical (unpaired) electrons. The summed E-state index contributed by atoms with van der Waals surface area (Å²) >= 11 is 3.86. The highest BCUT2D eigenvalue weighted by Crippen LogP contribution is 2.59. The van der Waals surface area contributed by atoms with Crippen LogP contribution in [0.1, 0.15) is 31.7 Å². The molecule has 4 heteroatoms. The summed E-state index contributed by atoms with van der Waals surface area (Å²) in [6.45, 7) is 5.01. The lowest BCUT2D eigenvalue weighted by Crippen LogP contribution is -2.20. The van der Waals surface area contributed by atoms with Gasteiger partial charge in [-0.15, -0.1) is 23.5 Å². The van der Waals surface area contributed by atoms with E-state index in [0.717, 1.165) is 11.5 Å². The van der Waals surface area contributed by atoms with Crippen LogP contribution < -0.4 is 9.47 Å². The summed E-state index contributed by atoms with van der Waals surface area (Å²) in [6, 6.07) is 6.50. The predicted molar refractivity (Wildman–Crippen MR) is 99.3 cm³/mol. The summed E-state index contributed by atoms with van der Waals surface area (Å²) < 4.78 is 11.1. The fourth-order valence-corrected chi connectivity index (χ4v) is 6.62. The molecule has 0 aromatic heterocycles. The largest absolute Gasteiger partial charge is 0.454 e. The number of thioether (sulfide) groups is 2. The van der Waals surface area contributed by atoms with Crippen molar-refractivity contribution in [1.82, 2.24) is 0 Å². The van der Waals surface area contributed by atoms with Gasteiger partial charge in [0.2, 0.25) is 6.79 Å². The van der Waals surface area contributed by atoms with E-state index in [9.17, 15) is 0 Å². The minimum Gasteiger partial charge on any atom is -0.454 e. The molecule has 0 saturated carbocycles. The molecular weight excluding hydrogens is 324 g/mol. The van der Waals surface area contributed by atoms with Crippen molar-refractivity contribution in [3.05, 3.63) is 44.7 Å². The lowest BCUT2D eigenvalue weighted by atomic mass is 9.77. The molecule has 0 amide bonds. The smallest absolute Gasteiger partial charge is 0.231 e. The number of benzene rings is 1. The number of hydrogen-bond acceptors (Lipinski definition) is 4. The van der Waals surface area contributed by atoms with E-state index in [2.05, 4.69) is 44.6 Å². The minimum atomic E-state index is 0.342. The van der Waals surface area contributed by atoms with Gasteiger partial charge >= 0.3 is 0 Å². The molecule has 3 aliphatic rings. The Kier molecular flexibility index (Phi) is 3.93. The Morgan fingerprint density at radius 2 is 1.70 bits per heavy atom. The van der Waals surface area contributed by atoms with Crippen molar-refractivity contribution < 1.29 is 9.47 Å². The number of rotatable bonds is 3. The highest BCUT2D eigenvalue weighted by Gasteiger charge is 2.44. The van der Waals surface area contributed by atoms with E-state index in [1.165, 1.54) is 12.0 Å². The van der Waals surface area contributed by atoms with Gasteiger partial charge in [0, 0.05) is 21.6 Å². The van der Waals surface area contributed by atoms with Crippen LogP contribution >= 0.6 is 23.5 Å². The molecular formula is C19H22O2S2. The van der Waals surface area contributed by atoms with Crippen molar-refractivity contribution in [2.24, 2.45) is 11.8 Å². The Labute approximate surface area is 146 Å². The standard InChI is InChI=1S/C19H22O2S2/c1-10-11(2)14-8-13(10)17(19(23-4)18(14)22-3)12-5-6-15-16(7-12)21-9-20-15/h5-7,13-14,17H,8-9H2,1-4H3/t13-,14+,17-/m1/s1. The van der Waals surface area contributed by atoms with Gasteiger partial charge in [0.15, 0.2) is 11.5 Å². The monoisotopic (exact) mass is 346 g/mol. The quantitative estimate of drug-likeness (QED) is 0.680. The van der Waals surface area contributed by atoms with Crippen molar-refractivity contribution in [3.63, 3.8) is 0 Å². The van der Waals surface area contributed by atoms with Crippen molar-refractivity contribution in [1.29, 1.82) is 0 Å². The number of fused-ring (bicyclic) bond motifs is 3. The summed E-state index contributed by atoms with van der Waals surface area (Å²) in [5.41, 5.74) is 4.55. The average molecular weight is 347 g/mol. The Hall–Kier alpha value is -1.00. The van der Waals surface area contributed by atoms with Crippen LogP contribution in [0.4, 0.5) is 0 Å². The van der Waals surface area contributed by atoms with E-state index in [0.29, 0.717) is 24.5 Å². The van der Waals surface area contributed by atoms with Gasteiger partial charge < -0.3 is 9.47 Å². The van der Waals surface area contributed by atoms with Crippen LogP contribution in [0.5, 0.6) is 11.5 Å². The lowest BCUT2D eigenvalue weighted by Gasteiger charge is -2.34. The van der Waals surface area contributed by atoms with E-state index in [4.69, 9.17) is 9.47 Å². The number of allylic oxidation sites excluding steroid dienone is 4. The van der Waals surface area contributed by atoms with Gasteiger partial charge in [0.25, 0.3) is 0 Å². The topological polar surface area (TPSA) is 18.5 Å². The Balaban J connectivity index is 1.85. The van der Waals surface area contributed by atoms with Gasteiger partial charge in [-0.25, -0.2) is 0 Å². The van der Waals surface area contributed by atoms with Crippen LogP contribution in [-0.4, -0.2) is 19.3 Å². The first-order valence-corrected chi connectivity index (χ1v) is 10.5. The number of ether oxygens (including phenoxy) is 2. The first-order valence-electron chi connectivity index (χ1n) is 8.04. The average Bonchev–Trinajstić information content (AvgIpc) is 3.14. The van der Waals surface area contributed by atoms with Gasteiger partial charge in [0.1, 0.15) is 0 Å². The van der Waals surface area contributed by atoms with E-state index in [-0.39, 0.29) is 0 Å². The van der Waals surface area contributed by atoms with Crippen molar-refractivity contribution in [2.75, 3.05) is 19.3 Å². The third-order valence-electron chi connectivity index (χ3n) is 5.63. The molecule has 4 rings (SSSR count). The maximum Gasteiger partial charge on any atom is 0.231 e. The molecule has 2 bridgehead atoms. The molecule has 1 heterocycles. The first-order chi connectivity index (χ1) is 11.2. The molecule has 0 unspecified atom stereocenters. The zero-order chi connectivity index (χ0) is 16.1. The second-order valence-electron chi connectivity index (χ2n) is 6.49. The molecule has 2 aliphatic carbocycles. The zero-order valence-corrected chi connectivity index (χ0v) is 15.6. The van der Waals surface area contributed by atoms with Crippen LogP contribution in [-0.2, 0) is 0 Å². The summed E-state index contributed by atoms with van der Waals surface area (Å²) in [5.74, 6) is 3.49. The first kappa shape index (κ1) is 15.5. The summed E-state index contributed by atoms with van der Waals surface area (Å²) in [6.07, 6.45) is 5.71. The summed E-state index contributed by atoms with van der Waals surface area (Å²) in [4.78, 5) is 3.12. The molecule has 1 aromatic carbocycles. The van der Waals surface area contributed by atoms with Crippen LogP contribution in [0, 0.1) is 11.8 Å². The second kappa shape index (κ2) is 5.82. The Morgan fingerprint density at radius 1 is 0.957 bits per heavy atom. The Morgan fingerprint density at radius 3 is 2.43 bits per heavy atom. The normalized spacial score (nSPS) is 28.8. The molecule has 23 heavy (non-hydrogen) atoms. The van der Waals surface area contributed by atoms with Gasteiger partial charge in [-0.3, -0.25) is 0 Å². The fourth-order valence-electron chi connectivity index (χ4n) is 4.33. The van der Waals surface area contributed by atoms with Crippen LogP contribution in [0.3, 0.4) is 0 Å². The zero-order valence-electron chi connectivity index (χ0n) is 14.0. The lowest BCUT2D eigenvalue weighted by molar-refractivity contribution is 0.174. The van der Waals surface area contributed by atoms with E-state index in [1.54, 1.807) is 21.0 Å². The Bertz CT molecular complexity index is 720. The van der Waals surface area contributed by atoms with Crippen LogP contribution in [0.25, 0.3) is 0 Å². The van der Waals surface area contributed by atoms with Crippen LogP contribution in [0.2, 0.25) is 0 Å². The molecule has 0 N–H and O–H groups in total. The minimum absolute atomic E-state index is 0.342.